The molecule has 0 aromatic heterocycles. The van der Waals surface area contributed by atoms with Crippen molar-refractivity contribution in [2.75, 3.05) is 33.9 Å². The fourth-order valence-corrected chi connectivity index (χ4v) is 9.65. The Hall–Kier alpha value is -0.733. The maximum Gasteiger partial charge on any atom is 0.302 e. The van der Waals surface area contributed by atoms with E-state index in [1.54, 1.807) is 6.92 Å². The molecule has 4 aliphatic rings. The average molecular weight is 564 g/mol. The van der Waals surface area contributed by atoms with Crippen LogP contribution in [0.15, 0.2) is 12.2 Å². The quantitative estimate of drug-likeness (QED) is 0.193. The van der Waals surface area contributed by atoms with E-state index in [9.17, 15) is 4.79 Å². The average Bonchev–Trinajstić information content (AvgIpc) is 3.41. The molecule has 0 amide bonds. The molecule has 0 N–H and O–H groups in total. The van der Waals surface area contributed by atoms with Crippen LogP contribution in [-0.4, -0.2) is 71.0 Å². The second-order valence-corrected chi connectivity index (χ2v) is 20.1. The molecule has 0 aromatic carbocycles. The SMILES string of the molecule is CC(=O)O[C@H]1C2CCC3(OCCO3)[C@@]2(C)CCC1[C@@]1(C)CC[C@H](O[Si](C)(C)C(C)(C)C)C[C@@H]1/C=C\CN(C)C. The Balaban J connectivity index is 1.64. The Morgan fingerprint density at radius 1 is 1.03 bits per heavy atom. The third-order valence-electron chi connectivity index (χ3n) is 11.6. The standard InChI is InChI=1S/C32H57NO5Si/c1-23(34)37-28-26(14-17-31(6)27(28)15-18-32(31)35-20-21-36-32)30(5)16-13-25(38-39(9,10)29(2,3)4)22-24(30)12-11-19-33(7)8/h11-12,24-28H,13-22H2,1-10H3/b12-11-/t24-,25-,26?,27?,28+,30-,31-/m0/s1. The molecule has 1 spiro atoms. The molecule has 0 radical (unpaired) electrons. The molecule has 3 saturated carbocycles. The summed E-state index contributed by atoms with van der Waals surface area (Å²) in [6, 6.07) is 0. The van der Waals surface area contributed by atoms with Crippen molar-refractivity contribution >= 4 is 14.3 Å². The van der Waals surface area contributed by atoms with Crippen LogP contribution >= 0.6 is 0 Å². The van der Waals surface area contributed by atoms with Crippen LogP contribution in [0.3, 0.4) is 0 Å². The van der Waals surface area contributed by atoms with Crippen molar-refractivity contribution < 1.29 is 23.4 Å². The lowest BCUT2D eigenvalue weighted by molar-refractivity contribution is -0.252. The molecule has 2 unspecified atom stereocenters. The Labute approximate surface area is 239 Å². The van der Waals surface area contributed by atoms with Crippen LogP contribution in [-0.2, 0) is 23.4 Å². The highest BCUT2D eigenvalue weighted by Gasteiger charge is 2.67. The van der Waals surface area contributed by atoms with E-state index in [1.807, 2.05) is 0 Å². The first-order valence-electron chi connectivity index (χ1n) is 15.5. The van der Waals surface area contributed by atoms with E-state index in [2.05, 4.69) is 78.9 Å². The highest BCUT2D eigenvalue weighted by atomic mass is 28.4. The summed E-state index contributed by atoms with van der Waals surface area (Å²) in [5, 5.41) is 0.196. The molecule has 3 aliphatic carbocycles. The summed E-state index contributed by atoms with van der Waals surface area (Å²) in [5.41, 5.74) is -0.0971. The molecule has 7 heteroatoms. The smallest absolute Gasteiger partial charge is 0.302 e. The number of rotatable bonds is 7. The summed E-state index contributed by atoms with van der Waals surface area (Å²) in [6.07, 6.45) is 12.1. The van der Waals surface area contributed by atoms with Crippen LogP contribution in [0.25, 0.3) is 0 Å². The zero-order chi connectivity index (χ0) is 28.9. The van der Waals surface area contributed by atoms with Gasteiger partial charge < -0.3 is 23.5 Å². The Bertz CT molecular complexity index is 907. The number of fused-ring (bicyclic) bond motifs is 2. The van der Waals surface area contributed by atoms with E-state index < -0.39 is 14.1 Å². The van der Waals surface area contributed by atoms with Gasteiger partial charge in [0.2, 0.25) is 0 Å². The number of carbonyl (C=O) groups excluding carboxylic acids is 1. The lowest BCUT2D eigenvalue weighted by Gasteiger charge is -2.57. The number of allylic oxidation sites excluding steroid dienone is 1. The predicted octanol–water partition coefficient (Wildman–Crippen LogP) is 6.80. The van der Waals surface area contributed by atoms with Crippen molar-refractivity contribution in [2.45, 2.75) is 123 Å². The molecular weight excluding hydrogens is 506 g/mol. The van der Waals surface area contributed by atoms with E-state index >= 15 is 0 Å². The number of nitrogens with zero attached hydrogens (tertiary/aromatic N) is 1. The Morgan fingerprint density at radius 3 is 2.26 bits per heavy atom. The van der Waals surface area contributed by atoms with Crippen LogP contribution in [0.1, 0.15) is 86.5 Å². The molecule has 1 aliphatic heterocycles. The van der Waals surface area contributed by atoms with Crippen LogP contribution in [0.5, 0.6) is 0 Å². The van der Waals surface area contributed by atoms with Crippen LogP contribution in [0.2, 0.25) is 18.1 Å². The summed E-state index contributed by atoms with van der Waals surface area (Å²) in [7, 11) is 2.37. The molecule has 4 fully saturated rings. The van der Waals surface area contributed by atoms with E-state index in [1.165, 1.54) is 0 Å². The van der Waals surface area contributed by atoms with Gasteiger partial charge in [-0.05, 0) is 82.1 Å². The number of likely N-dealkylation sites (N-methyl/N-ethyl adjacent to an activating group) is 1. The van der Waals surface area contributed by atoms with Crippen LogP contribution in [0.4, 0.5) is 0 Å². The van der Waals surface area contributed by atoms with Gasteiger partial charge in [-0.3, -0.25) is 4.79 Å². The van der Waals surface area contributed by atoms with Crippen molar-refractivity contribution in [1.82, 2.24) is 4.90 Å². The Kier molecular flexibility index (Phi) is 8.93. The van der Waals surface area contributed by atoms with Crippen molar-refractivity contribution in [2.24, 2.45) is 28.6 Å². The van der Waals surface area contributed by atoms with Crippen molar-refractivity contribution in [1.29, 1.82) is 0 Å². The lowest BCUT2D eigenvalue weighted by Crippen LogP contribution is -2.58. The molecular formula is C32H57NO5Si. The van der Waals surface area contributed by atoms with Gasteiger partial charge in [0.1, 0.15) is 6.10 Å². The Morgan fingerprint density at radius 2 is 1.67 bits per heavy atom. The second-order valence-electron chi connectivity index (χ2n) is 15.3. The fraction of sp³-hybridized carbons (Fsp3) is 0.906. The molecule has 39 heavy (non-hydrogen) atoms. The first-order valence-corrected chi connectivity index (χ1v) is 18.4. The molecule has 7 atom stereocenters. The van der Waals surface area contributed by atoms with Crippen molar-refractivity contribution in [3.05, 3.63) is 12.2 Å². The van der Waals surface area contributed by atoms with Gasteiger partial charge in [-0.25, -0.2) is 0 Å². The van der Waals surface area contributed by atoms with Gasteiger partial charge in [-0.1, -0.05) is 46.8 Å². The number of ether oxygens (including phenoxy) is 3. The zero-order valence-corrected chi connectivity index (χ0v) is 27.6. The van der Waals surface area contributed by atoms with Crippen molar-refractivity contribution in [3.63, 3.8) is 0 Å². The van der Waals surface area contributed by atoms with Crippen LogP contribution < -0.4 is 0 Å². The lowest BCUT2D eigenvalue weighted by atomic mass is 9.51. The van der Waals surface area contributed by atoms with Gasteiger partial charge >= 0.3 is 5.97 Å². The van der Waals surface area contributed by atoms with Gasteiger partial charge in [0, 0.05) is 43.2 Å². The van der Waals surface area contributed by atoms with Gasteiger partial charge in [0.05, 0.1) is 13.2 Å². The van der Waals surface area contributed by atoms with Crippen LogP contribution in [0, 0.1) is 28.6 Å². The fourth-order valence-electron chi connectivity index (χ4n) is 8.25. The van der Waals surface area contributed by atoms with E-state index in [4.69, 9.17) is 18.6 Å². The maximum absolute atomic E-state index is 12.6. The molecule has 224 valence electrons. The summed E-state index contributed by atoms with van der Waals surface area (Å²) in [5.74, 6) is 0.257. The minimum Gasteiger partial charge on any atom is -0.462 e. The molecule has 1 heterocycles. The first-order chi connectivity index (χ1) is 18.0. The molecule has 6 nitrogen and oxygen atoms in total. The topological polar surface area (TPSA) is 57.2 Å². The highest BCUT2D eigenvalue weighted by Crippen LogP contribution is 2.65. The summed E-state index contributed by atoms with van der Waals surface area (Å²) in [6.45, 7) is 20.4. The molecule has 0 bridgehead atoms. The van der Waals surface area contributed by atoms with Crippen molar-refractivity contribution in [3.8, 4) is 0 Å². The number of esters is 1. The summed E-state index contributed by atoms with van der Waals surface area (Å²) < 4.78 is 26.0. The largest absolute Gasteiger partial charge is 0.462 e. The molecule has 1 saturated heterocycles. The summed E-state index contributed by atoms with van der Waals surface area (Å²) >= 11 is 0. The van der Waals surface area contributed by atoms with E-state index in [-0.39, 0.29) is 40.0 Å². The number of hydrogen-bond donors (Lipinski definition) is 0. The zero-order valence-electron chi connectivity index (χ0n) is 26.6. The minimum atomic E-state index is -1.87. The second kappa shape index (κ2) is 11.2. The van der Waals surface area contributed by atoms with Gasteiger partial charge in [-0.2, -0.15) is 0 Å². The normalized spacial score (nSPS) is 39.0. The summed E-state index contributed by atoms with van der Waals surface area (Å²) in [4.78, 5) is 14.8. The minimum absolute atomic E-state index is 0.0324. The predicted molar refractivity (Wildman–Crippen MR) is 159 cm³/mol. The monoisotopic (exact) mass is 563 g/mol. The number of carbonyl (C=O) groups is 1. The van der Waals surface area contributed by atoms with E-state index in [0.717, 1.165) is 51.5 Å². The van der Waals surface area contributed by atoms with E-state index in [0.29, 0.717) is 25.0 Å². The highest BCUT2D eigenvalue weighted by molar-refractivity contribution is 6.74. The van der Waals surface area contributed by atoms with Gasteiger partial charge in [-0.15, -0.1) is 0 Å². The maximum atomic E-state index is 12.6. The third-order valence-corrected chi connectivity index (χ3v) is 16.2. The first kappa shape index (κ1) is 31.2. The van der Waals surface area contributed by atoms with Gasteiger partial charge in [0.15, 0.2) is 14.1 Å². The number of hydrogen-bond acceptors (Lipinski definition) is 6. The van der Waals surface area contributed by atoms with Gasteiger partial charge in [0.25, 0.3) is 0 Å². The third kappa shape index (κ3) is 5.82. The molecule has 0 aromatic rings. The molecule has 4 rings (SSSR count).